The quantitative estimate of drug-likeness (QED) is 0.870. The van der Waals surface area contributed by atoms with E-state index < -0.39 is 0 Å². The van der Waals surface area contributed by atoms with Gasteiger partial charge in [-0.25, -0.2) is 9.97 Å². The smallest absolute Gasteiger partial charge is 0.253 e. The van der Waals surface area contributed by atoms with Gasteiger partial charge in [0.2, 0.25) is 5.88 Å². The Morgan fingerprint density at radius 1 is 1.21 bits per heavy atom. The van der Waals surface area contributed by atoms with Crippen LogP contribution in [0, 0.1) is 0 Å². The van der Waals surface area contributed by atoms with Crippen LogP contribution < -0.4 is 4.74 Å². The molecule has 24 heavy (non-hydrogen) atoms. The number of carbonyl (C=O) groups is 1. The molecule has 1 saturated heterocycles. The average molecular weight is 325 g/mol. The molecule has 5 heteroatoms. The molecule has 1 aliphatic heterocycles. The van der Waals surface area contributed by atoms with Crippen molar-refractivity contribution in [1.29, 1.82) is 0 Å². The second-order valence-electron chi connectivity index (χ2n) is 7.15. The SMILES string of the molecule is CC(C)(C)c1ccc(C(=O)N2CC[C@@H](Oc3ccncn3)C2)cc1. The summed E-state index contributed by atoms with van der Waals surface area (Å²) in [5.41, 5.74) is 2.04. The molecule has 1 aromatic heterocycles. The minimum absolute atomic E-state index is 0.0160. The first-order chi connectivity index (χ1) is 11.4. The maximum absolute atomic E-state index is 12.7. The molecule has 2 heterocycles. The van der Waals surface area contributed by atoms with Crippen molar-refractivity contribution in [2.24, 2.45) is 0 Å². The monoisotopic (exact) mass is 325 g/mol. The Kier molecular flexibility index (Phi) is 4.51. The molecule has 0 unspecified atom stereocenters. The van der Waals surface area contributed by atoms with Crippen LogP contribution in [0.3, 0.4) is 0 Å². The summed E-state index contributed by atoms with van der Waals surface area (Å²) in [6, 6.07) is 9.65. The van der Waals surface area contributed by atoms with Crippen molar-refractivity contribution in [1.82, 2.24) is 14.9 Å². The van der Waals surface area contributed by atoms with Crippen LogP contribution in [0.1, 0.15) is 43.1 Å². The number of ether oxygens (including phenoxy) is 1. The number of nitrogens with zero attached hydrogens (tertiary/aromatic N) is 3. The van der Waals surface area contributed by atoms with E-state index in [1.807, 2.05) is 29.2 Å². The van der Waals surface area contributed by atoms with E-state index >= 15 is 0 Å². The van der Waals surface area contributed by atoms with Gasteiger partial charge in [-0.05, 0) is 23.1 Å². The predicted molar refractivity (Wildman–Crippen MR) is 92.1 cm³/mol. The summed E-state index contributed by atoms with van der Waals surface area (Å²) in [5.74, 6) is 0.614. The molecule has 3 rings (SSSR count). The highest BCUT2D eigenvalue weighted by molar-refractivity contribution is 5.94. The van der Waals surface area contributed by atoms with Gasteiger partial charge in [0.15, 0.2) is 0 Å². The normalized spacial score (nSPS) is 17.8. The summed E-state index contributed by atoms with van der Waals surface area (Å²) < 4.78 is 5.81. The number of benzene rings is 1. The predicted octanol–water partition coefficient (Wildman–Crippen LogP) is 3.07. The molecule has 126 valence electrons. The zero-order valence-corrected chi connectivity index (χ0v) is 14.4. The molecule has 0 bridgehead atoms. The molecular formula is C19H23N3O2. The number of carbonyl (C=O) groups excluding carboxylic acids is 1. The summed E-state index contributed by atoms with van der Waals surface area (Å²) >= 11 is 0. The van der Waals surface area contributed by atoms with Crippen LogP contribution in [0.2, 0.25) is 0 Å². The highest BCUT2D eigenvalue weighted by Gasteiger charge is 2.28. The fourth-order valence-corrected chi connectivity index (χ4v) is 2.82. The van der Waals surface area contributed by atoms with Gasteiger partial charge < -0.3 is 9.64 Å². The molecule has 0 N–H and O–H groups in total. The van der Waals surface area contributed by atoms with E-state index in [0.29, 0.717) is 19.0 Å². The van der Waals surface area contributed by atoms with Gasteiger partial charge in [0.05, 0.1) is 6.54 Å². The van der Waals surface area contributed by atoms with Crippen LogP contribution in [-0.2, 0) is 5.41 Å². The highest BCUT2D eigenvalue weighted by Crippen LogP contribution is 2.23. The minimum atomic E-state index is -0.0160. The van der Waals surface area contributed by atoms with Gasteiger partial charge in [-0.2, -0.15) is 0 Å². The summed E-state index contributed by atoms with van der Waals surface area (Å²) in [7, 11) is 0. The molecule has 0 radical (unpaired) electrons. The molecule has 0 spiro atoms. The molecule has 5 nitrogen and oxygen atoms in total. The number of likely N-dealkylation sites (tertiary alicyclic amines) is 1. The Balaban J connectivity index is 1.62. The molecule has 1 aromatic carbocycles. The molecule has 1 atom stereocenters. The first-order valence-corrected chi connectivity index (χ1v) is 8.26. The topological polar surface area (TPSA) is 55.3 Å². The molecular weight excluding hydrogens is 302 g/mol. The van der Waals surface area contributed by atoms with Gasteiger partial charge in [-0.1, -0.05) is 32.9 Å². The summed E-state index contributed by atoms with van der Waals surface area (Å²) in [6.45, 7) is 7.79. The summed E-state index contributed by atoms with van der Waals surface area (Å²) in [5, 5.41) is 0. The first kappa shape index (κ1) is 16.4. The Hall–Kier alpha value is -2.43. The Morgan fingerprint density at radius 3 is 2.58 bits per heavy atom. The van der Waals surface area contributed by atoms with E-state index in [0.717, 1.165) is 12.0 Å². The lowest BCUT2D eigenvalue weighted by Crippen LogP contribution is -2.31. The van der Waals surface area contributed by atoms with Crippen LogP contribution in [-0.4, -0.2) is 40.0 Å². The van der Waals surface area contributed by atoms with Crippen LogP contribution in [0.5, 0.6) is 5.88 Å². The fraction of sp³-hybridized carbons (Fsp3) is 0.421. The van der Waals surface area contributed by atoms with Crippen LogP contribution in [0.4, 0.5) is 0 Å². The van der Waals surface area contributed by atoms with Gasteiger partial charge in [0.25, 0.3) is 5.91 Å². The second-order valence-corrected chi connectivity index (χ2v) is 7.15. The van der Waals surface area contributed by atoms with Crippen molar-refractivity contribution in [2.75, 3.05) is 13.1 Å². The van der Waals surface area contributed by atoms with Crippen molar-refractivity contribution < 1.29 is 9.53 Å². The number of hydrogen-bond donors (Lipinski definition) is 0. The van der Waals surface area contributed by atoms with Crippen molar-refractivity contribution >= 4 is 5.91 Å². The van der Waals surface area contributed by atoms with E-state index in [2.05, 4.69) is 30.7 Å². The lowest BCUT2D eigenvalue weighted by molar-refractivity contribution is 0.0771. The lowest BCUT2D eigenvalue weighted by Gasteiger charge is -2.20. The second kappa shape index (κ2) is 6.59. The van der Waals surface area contributed by atoms with Gasteiger partial charge in [0, 0.05) is 30.8 Å². The minimum Gasteiger partial charge on any atom is -0.472 e. The van der Waals surface area contributed by atoms with E-state index in [4.69, 9.17) is 4.74 Å². The van der Waals surface area contributed by atoms with Crippen molar-refractivity contribution in [3.05, 3.63) is 54.0 Å². The summed E-state index contributed by atoms with van der Waals surface area (Å²) in [6.07, 6.45) is 3.91. The average Bonchev–Trinajstić information content (AvgIpc) is 3.03. The molecule has 1 aliphatic rings. The number of amides is 1. The van der Waals surface area contributed by atoms with Gasteiger partial charge in [-0.15, -0.1) is 0 Å². The molecule has 1 fully saturated rings. The lowest BCUT2D eigenvalue weighted by atomic mass is 9.86. The number of aromatic nitrogens is 2. The van der Waals surface area contributed by atoms with Crippen molar-refractivity contribution in [3.63, 3.8) is 0 Å². The standard InChI is InChI=1S/C19H23N3O2/c1-19(2,3)15-6-4-14(5-7-15)18(23)22-11-9-16(12-22)24-17-8-10-20-13-21-17/h4-8,10,13,16H,9,11-12H2,1-3H3/t16-/m1/s1. The van der Waals surface area contributed by atoms with E-state index in [1.54, 1.807) is 12.3 Å². The van der Waals surface area contributed by atoms with E-state index in [-0.39, 0.29) is 17.4 Å². The maximum atomic E-state index is 12.7. The molecule has 0 aliphatic carbocycles. The Labute approximate surface area is 142 Å². The van der Waals surface area contributed by atoms with E-state index in [1.165, 1.54) is 11.9 Å². The molecule has 1 amide bonds. The largest absolute Gasteiger partial charge is 0.472 e. The third-order valence-corrected chi connectivity index (χ3v) is 4.27. The zero-order valence-electron chi connectivity index (χ0n) is 14.4. The fourth-order valence-electron chi connectivity index (χ4n) is 2.82. The third-order valence-electron chi connectivity index (χ3n) is 4.27. The highest BCUT2D eigenvalue weighted by atomic mass is 16.5. The molecule has 0 saturated carbocycles. The first-order valence-electron chi connectivity index (χ1n) is 8.26. The van der Waals surface area contributed by atoms with E-state index in [9.17, 15) is 4.79 Å². The van der Waals surface area contributed by atoms with Crippen LogP contribution >= 0.6 is 0 Å². The molecule has 2 aromatic rings. The zero-order chi connectivity index (χ0) is 17.2. The van der Waals surface area contributed by atoms with Gasteiger partial charge in [0.1, 0.15) is 12.4 Å². The maximum Gasteiger partial charge on any atom is 0.253 e. The van der Waals surface area contributed by atoms with Gasteiger partial charge in [-0.3, -0.25) is 4.79 Å². The van der Waals surface area contributed by atoms with Gasteiger partial charge >= 0.3 is 0 Å². The number of rotatable bonds is 3. The third kappa shape index (κ3) is 3.72. The van der Waals surface area contributed by atoms with Crippen LogP contribution in [0.15, 0.2) is 42.9 Å². The van der Waals surface area contributed by atoms with Crippen molar-refractivity contribution in [2.45, 2.75) is 38.7 Å². The summed E-state index contributed by atoms with van der Waals surface area (Å²) in [4.78, 5) is 22.4. The Bertz CT molecular complexity index is 693. The Morgan fingerprint density at radius 2 is 1.96 bits per heavy atom. The van der Waals surface area contributed by atoms with Crippen molar-refractivity contribution in [3.8, 4) is 5.88 Å². The number of hydrogen-bond acceptors (Lipinski definition) is 4. The van der Waals surface area contributed by atoms with Crippen LogP contribution in [0.25, 0.3) is 0 Å².